The highest BCUT2D eigenvalue weighted by molar-refractivity contribution is 5.89. The summed E-state index contributed by atoms with van der Waals surface area (Å²) in [5, 5.41) is 55.6. The summed E-state index contributed by atoms with van der Waals surface area (Å²) in [6.07, 6.45) is 0.450. The second-order valence-corrected chi connectivity index (χ2v) is 14.8. The highest BCUT2D eigenvalue weighted by Gasteiger charge is 2.46. The molecule has 3 aromatic carbocycles. The number of Topliss-reactive ketones (excluding diaryl/α,β-unsaturated/α-hetero) is 1. The second-order valence-electron chi connectivity index (χ2n) is 14.8. The van der Waals surface area contributed by atoms with Gasteiger partial charge in [-0.25, -0.2) is 4.79 Å². The molecule has 7 rings (SSSR count). The van der Waals surface area contributed by atoms with Crippen LogP contribution in [0.2, 0.25) is 0 Å². The van der Waals surface area contributed by atoms with Crippen LogP contribution in [-0.2, 0) is 45.0 Å². The summed E-state index contributed by atoms with van der Waals surface area (Å²) in [5.74, 6) is 2.76. The quantitative estimate of drug-likeness (QED) is 0.146. The van der Waals surface area contributed by atoms with Gasteiger partial charge in [-0.2, -0.15) is 0 Å². The van der Waals surface area contributed by atoms with Crippen LogP contribution in [0.5, 0.6) is 17.2 Å². The number of aliphatic hydroxyl groups excluding tert-OH is 2. The van der Waals surface area contributed by atoms with Crippen molar-refractivity contribution in [3.05, 3.63) is 99.6 Å². The number of rotatable bonds is 2. The first-order valence-electron chi connectivity index (χ1n) is 17.8. The number of aliphatic hydroxyl groups is 3. The third-order valence-corrected chi connectivity index (χ3v) is 11.1. The molecule has 0 aromatic heterocycles. The van der Waals surface area contributed by atoms with Crippen LogP contribution in [0.4, 0.5) is 0 Å². The summed E-state index contributed by atoms with van der Waals surface area (Å²) in [4.78, 5) is 40.4. The minimum Gasteiger partial charge on any atom is -0.508 e. The van der Waals surface area contributed by atoms with Gasteiger partial charge < -0.3 is 35.0 Å². The molecule has 7 atom stereocenters. The van der Waals surface area contributed by atoms with Crippen molar-refractivity contribution >= 4 is 17.7 Å². The molecule has 0 amide bonds. The fourth-order valence-electron chi connectivity index (χ4n) is 8.19. The Morgan fingerprint density at radius 3 is 2.46 bits per heavy atom. The van der Waals surface area contributed by atoms with Crippen LogP contribution in [0.3, 0.4) is 0 Å². The number of ether oxygens (including phenoxy) is 2. The number of carbonyl (C=O) groups excluding carboxylic acids is 3. The molecule has 8 bridgehead atoms. The summed E-state index contributed by atoms with van der Waals surface area (Å²) >= 11 is 0. The van der Waals surface area contributed by atoms with E-state index in [2.05, 4.69) is 11.8 Å². The minimum absolute atomic E-state index is 0.0723. The molecule has 1 fully saturated rings. The molecule has 0 saturated heterocycles. The predicted molar refractivity (Wildman–Crippen MR) is 188 cm³/mol. The topological polar surface area (TPSA) is 171 Å². The van der Waals surface area contributed by atoms with Crippen molar-refractivity contribution < 1.29 is 49.4 Å². The summed E-state index contributed by atoms with van der Waals surface area (Å²) in [6, 6.07) is 15.2. The number of hydrogen-bond donors (Lipinski definition) is 5. The van der Waals surface area contributed by atoms with E-state index in [9.17, 15) is 39.9 Å². The van der Waals surface area contributed by atoms with Gasteiger partial charge in [0.1, 0.15) is 34.7 Å². The van der Waals surface area contributed by atoms with Crippen LogP contribution in [0, 0.1) is 23.7 Å². The van der Waals surface area contributed by atoms with Crippen molar-refractivity contribution in [3.63, 3.8) is 0 Å². The van der Waals surface area contributed by atoms with Gasteiger partial charge in [0, 0.05) is 48.3 Å². The van der Waals surface area contributed by atoms with Gasteiger partial charge in [0.05, 0.1) is 25.0 Å². The van der Waals surface area contributed by atoms with Crippen LogP contribution in [0.1, 0.15) is 84.2 Å². The average Bonchev–Trinajstić information content (AvgIpc) is 3.10. The van der Waals surface area contributed by atoms with Crippen LogP contribution in [-0.4, -0.2) is 61.1 Å². The number of carbonyl (C=O) groups is 3. The van der Waals surface area contributed by atoms with Gasteiger partial charge in [-0.1, -0.05) is 42.2 Å². The minimum atomic E-state index is -1.66. The van der Waals surface area contributed by atoms with Gasteiger partial charge in [-0.3, -0.25) is 9.59 Å². The molecule has 7 unspecified atom stereocenters. The smallest absolute Gasteiger partial charge is 0.334 e. The average molecular weight is 707 g/mol. The van der Waals surface area contributed by atoms with Crippen molar-refractivity contribution in [3.8, 4) is 29.1 Å². The highest BCUT2D eigenvalue weighted by Crippen LogP contribution is 2.43. The van der Waals surface area contributed by atoms with Crippen molar-refractivity contribution in [2.24, 2.45) is 11.8 Å². The van der Waals surface area contributed by atoms with Gasteiger partial charge in [0.2, 0.25) is 0 Å². The zero-order chi connectivity index (χ0) is 36.7. The molecule has 3 aliphatic heterocycles. The van der Waals surface area contributed by atoms with E-state index < -0.39 is 47.5 Å². The lowest BCUT2D eigenvalue weighted by molar-refractivity contribution is -0.170. The Labute approximate surface area is 301 Å². The Kier molecular flexibility index (Phi) is 9.70. The molecule has 10 heteroatoms. The molecule has 270 valence electrons. The molecule has 5 N–H and O–H groups in total. The Hall–Kier alpha value is -4.95. The molecular weight excluding hydrogens is 664 g/mol. The van der Waals surface area contributed by atoms with Crippen molar-refractivity contribution in [1.82, 2.24) is 0 Å². The van der Waals surface area contributed by atoms with Gasteiger partial charge in [0.25, 0.3) is 0 Å². The lowest BCUT2D eigenvalue weighted by Gasteiger charge is -2.42. The highest BCUT2D eigenvalue weighted by atomic mass is 16.6. The van der Waals surface area contributed by atoms with E-state index in [1.807, 2.05) is 24.3 Å². The van der Waals surface area contributed by atoms with E-state index in [0.717, 1.165) is 11.1 Å². The molecule has 3 heterocycles. The van der Waals surface area contributed by atoms with Crippen LogP contribution in [0.25, 0.3) is 0 Å². The molecule has 52 heavy (non-hydrogen) atoms. The Bertz CT molecular complexity index is 2020. The molecule has 10 nitrogen and oxygen atoms in total. The monoisotopic (exact) mass is 706 g/mol. The van der Waals surface area contributed by atoms with Gasteiger partial charge >= 0.3 is 11.9 Å². The Morgan fingerprint density at radius 1 is 0.904 bits per heavy atom. The van der Waals surface area contributed by atoms with Crippen molar-refractivity contribution in [2.45, 2.75) is 94.5 Å². The predicted octanol–water partition coefficient (Wildman–Crippen LogP) is 4.45. The van der Waals surface area contributed by atoms with Crippen molar-refractivity contribution in [1.29, 1.82) is 0 Å². The first-order chi connectivity index (χ1) is 24.9. The Balaban J connectivity index is 1.42. The Morgan fingerprint density at radius 2 is 1.67 bits per heavy atom. The normalized spacial score (nSPS) is 29.0. The first-order valence-corrected chi connectivity index (χ1v) is 17.8. The summed E-state index contributed by atoms with van der Waals surface area (Å²) in [6.45, 7) is 1.25. The van der Waals surface area contributed by atoms with E-state index in [1.165, 1.54) is 24.3 Å². The maximum Gasteiger partial charge on any atom is 0.334 e. The number of phenolic OH excluding ortho intramolecular Hbond substituents is 2. The van der Waals surface area contributed by atoms with Crippen LogP contribution < -0.4 is 4.74 Å². The third kappa shape index (κ3) is 7.35. The fraction of sp³-hybridized carbons (Fsp3) is 0.405. The maximum atomic E-state index is 14.4. The van der Waals surface area contributed by atoms with Crippen LogP contribution >= 0.6 is 0 Å². The number of benzene rings is 3. The maximum absolute atomic E-state index is 14.4. The van der Waals surface area contributed by atoms with E-state index in [0.29, 0.717) is 41.5 Å². The van der Waals surface area contributed by atoms with Gasteiger partial charge in [-0.05, 0) is 90.6 Å². The number of phenols is 2. The van der Waals surface area contributed by atoms with Gasteiger partial charge in [-0.15, -0.1) is 0 Å². The van der Waals surface area contributed by atoms with E-state index in [-0.39, 0.29) is 73.2 Å². The standard InChI is InChI=1S/C42H42O10/c1-42(50)32-7-8-36(46)29(15-32)10-23-3-2-4-24(9-23)12-33(44)17-31-14-26(28-11-25(22-43)13-34(45)16-28)5-6-27-20-40(48)51-38-21-37(47)30(18-35(27)38)19-39(42)52-41(31)49/h2-4,9,11,13,16-18,21,26-27,29,32-33,39,43-45,47,50H,7-8,10,12,14-15,19-20,22H2,1H3. The van der Waals surface area contributed by atoms with E-state index in [4.69, 9.17) is 9.47 Å². The summed E-state index contributed by atoms with van der Waals surface area (Å²) < 4.78 is 11.8. The SMILES string of the molecule is CC1(O)C2CCC(=O)C(Cc3cccc(c3)CC(O)C=C3CC(c4cc(O)cc(CO)c4)C#CC4CC(=O)Oc5cc(O)c(cc54)CC1OC3=O)C2. The fourth-order valence-corrected chi connectivity index (χ4v) is 8.19. The number of hydrogen-bond acceptors (Lipinski definition) is 10. The van der Waals surface area contributed by atoms with E-state index >= 15 is 0 Å². The third-order valence-electron chi connectivity index (χ3n) is 11.1. The molecule has 1 aliphatic carbocycles. The number of esters is 2. The molecule has 0 spiro atoms. The number of fused-ring (bicyclic) bond motifs is 8. The van der Waals surface area contributed by atoms with Gasteiger partial charge in [0.15, 0.2) is 0 Å². The second kappa shape index (κ2) is 14.2. The lowest BCUT2D eigenvalue weighted by Crippen LogP contribution is -2.52. The summed E-state index contributed by atoms with van der Waals surface area (Å²) in [5.41, 5.74) is 1.96. The number of aromatic hydroxyl groups is 2. The molecule has 4 aliphatic rings. The zero-order valence-corrected chi connectivity index (χ0v) is 28.9. The first kappa shape index (κ1) is 35.5. The zero-order valence-electron chi connectivity index (χ0n) is 28.9. The van der Waals surface area contributed by atoms with Crippen molar-refractivity contribution in [2.75, 3.05) is 0 Å². The largest absolute Gasteiger partial charge is 0.508 e. The summed E-state index contributed by atoms with van der Waals surface area (Å²) in [7, 11) is 0. The molecule has 0 radical (unpaired) electrons. The van der Waals surface area contributed by atoms with E-state index in [1.54, 1.807) is 19.1 Å². The molecule has 3 aromatic rings. The molecule has 1 saturated carbocycles. The molecular formula is C42H42O10. The number of ketones is 1. The lowest BCUT2D eigenvalue weighted by atomic mass is 9.68. The van der Waals surface area contributed by atoms with Crippen LogP contribution in [0.15, 0.2) is 66.2 Å².